The van der Waals surface area contributed by atoms with Crippen molar-refractivity contribution in [3.63, 3.8) is 0 Å². The van der Waals surface area contributed by atoms with E-state index in [0.717, 1.165) is 21.6 Å². The molecule has 0 saturated heterocycles. The molecule has 8 nitrogen and oxygen atoms in total. The van der Waals surface area contributed by atoms with E-state index in [0.29, 0.717) is 28.4 Å². The van der Waals surface area contributed by atoms with Crippen LogP contribution in [0.2, 0.25) is 0 Å². The van der Waals surface area contributed by atoms with Crippen molar-refractivity contribution in [1.29, 1.82) is 0 Å². The van der Waals surface area contributed by atoms with Gasteiger partial charge in [0.15, 0.2) is 11.5 Å². The molecule has 6 rings (SSSR count). The standard InChI is InChI=1S/C37H29N3O5S/c41-35(38-30-17-20-33-34(22-30)45-24-44-33)23-46-31-18-15-29(16-19-31)39-37(43)32(40-36(42)28-9-5-2-6-10-28)21-25-11-13-27(14-12-25)26-7-3-1-4-8-26/h1-22H,23-24H2,(H,38,41)(H,39,43)(H,40,42)/b32-21-. The Bertz CT molecular complexity index is 1880. The van der Waals surface area contributed by atoms with Crippen molar-refractivity contribution in [2.24, 2.45) is 0 Å². The molecule has 3 amide bonds. The topological polar surface area (TPSA) is 106 Å². The molecule has 0 bridgehead atoms. The van der Waals surface area contributed by atoms with Crippen LogP contribution in [0.25, 0.3) is 17.2 Å². The van der Waals surface area contributed by atoms with E-state index in [1.807, 2.05) is 72.8 Å². The Kier molecular flexibility index (Phi) is 9.41. The Balaban J connectivity index is 1.10. The number of thioether (sulfide) groups is 1. The van der Waals surface area contributed by atoms with Gasteiger partial charge in [0.2, 0.25) is 12.7 Å². The lowest BCUT2D eigenvalue weighted by Crippen LogP contribution is -2.30. The number of amides is 3. The molecular formula is C37H29N3O5S. The van der Waals surface area contributed by atoms with Gasteiger partial charge in [-0.2, -0.15) is 0 Å². The molecule has 0 atom stereocenters. The summed E-state index contributed by atoms with van der Waals surface area (Å²) in [6.45, 7) is 0.169. The van der Waals surface area contributed by atoms with E-state index in [9.17, 15) is 14.4 Å². The van der Waals surface area contributed by atoms with Crippen molar-refractivity contribution in [2.75, 3.05) is 23.2 Å². The Morgan fingerprint density at radius 2 is 1.33 bits per heavy atom. The Labute approximate surface area is 270 Å². The van der Waals surface area contributed by atoms with Crippen molar-refractivity contribution >= 4 is 46.9 Å². The lowest BCUT2D eigenvalue weighted by Gasteiger charge is -2.12. The SMILES string of the molecule is O=C(CSc1ccc(NC(=O)/C(=C/c2ccc(-c3ccccc3)cc2)NC(=O)c2ccccc2)cc1)Nc1ccc2c(c1)OCO2. The summed E-state index contributed by atoms with van der Waals surface area (Å²) in [4.78, 5) is 39.8. The van der Waals surface area contributed by atoms with Gasteiger partial charge in [-0.1, -0.05) is 72.8 Å². The fourth-order valence-electron chi connectivity index (χ4n) is 4.66. The van der Waals surface area contributed by atoms with Gasteiger partial charge in [-0.25, -0.2) is 0 Å². The fourth-order valence-corrected chi connectivity index (χ4v) is 5.36. The number of anilines is 2. The van der Waals surface area contributed by atoms with Gasteiger partial charge in [-0.05, 0) is 71.3 Å². The van der Waals surface area contributed by atoms with Gasteiger partial charge in [-0.15, -0.1) is 11.8 Å². The van der Waals surface area contributed by atoms with Crippen LogP contribution in [0.3, 0.4) is 0 Å². The number of hydrogen-bond donors (Lipinski definition) is 3. The van der Waals surface area contributed by atoms with E-state index in [-0.39, 0.29) is 24.2 Å². The summed E-state index contributed by atoms with van der Waals surface area (Å²) in [6.07, 6.45) is 1.65. The molecule has 5 aromatic rings. The number of rotatable bonds is 10. The van der Waals surface area contributed by atoms with Gasteiger partial charge in [0.05, 0.1) is 5.75 Å². The van der Waals surface area contributed by atoms with Gasteiger partial charge in [0.1, 0.15) is 5.70 Å². The molecule has 0 spiro atoms. The summed E-state index contributed by atoms with van der Waals surface area (Å²) < 4.78 is 10.7. The smallest absolute Gasteiger partial charge is 0.272 e. The van der Waals surface area contributed by atoms with Crippen LogP contribution < -0.4 is 25.4 Å². The van der Waals surface area contributed by atoms with E-state index in [4.69, 9.17) is 9.47 Å². The van der Waals surface area contributed by atoms with Crippen LogP contribution in [-0.2, 0) is 9.59 Å². The number of carbonyl (C=O) groups is 3. The number of nitrogens with one attached hydrogen (secondary N) is 3. The van der Waals surface area contributed by atoms with E-state index >= 15 is 0 Å². The number of carbonyl (C=O) groups excluding carboxylic acids is 3. The number of fused-ring (bicyclic) bond motifs is 1. The van der Waals surface area contributed by atoms with E-state index in [1.54, 1.807) is 60.7 Å². The van der Waals surface area contributed by atoms with Crippen LogP contribution in [0.1, 0.15) is 15.9 Å². The van der Waals surface area contributed by atoms with Crippen LogP contribution in [0.15, 0.2) is 138 Å². The quantitative estimate of drug-likeness (QED) is 0.112. The third-order valence-electron chi connectivity index (χ3n) is 7.00. The first-order valence-corrected chi connectivity index (χ1v) is 15.5. The maximum Gasteiger partial charge on any atom is 0.272 e. The molecule has 0 unspecified atom stereocenters. The van der Waals surface area contributed by atoms with Crippen LogP contribution in [0.5, 0.6) is 11.5 Å². The summed E-state index contributed by atoms with van der Waals surface area (Å²) in [5.41, 5.74) is 4.58. The summed E-state index contributed by atoms with van der Waals surface area (Å²) in [5.74, 6) is 0.414. The lowest BCUT2D eigenvalue weighted by molar-refractivity contribution is -0.114. The van der Waals surface area contributed by atoms with Gasteiger partial charge >= 0.3 is 0 Å². The van der Waals surface area contributed by atoms with Gasteiger partial charge < -0.3 is 25.4 Å². The van der Waals surface area contributed by atoms with Gasteiger partial charge in [0.25, 0.3) is 11.8 Å². The highest BCUT2D eigenvalue weighted by Crippen LogP contribution is 2.34. The zero-order chi connectivity index (χ0) is 31.7. The zero-order valence-corrected chi connectivity index (χ0v) is 25.4. The average Bonchev–Trinajstić information content (AvgIpc) is 3.57. The highest BCUT2D eigenvalue weighted by molar-refractivity contribution is 8.00. The monoisotopic (exact) mass is 627 g/mol. The first-order valence-electron chi connectivity index (χ1n) is 14.5. The predicted molar refractivity (Wildman–Crippen MR) is 181 cm³/mol. The maximum absolute atomic E-state index is 13.4. The second kappa shape index (κ2) is 14.3. The molecule has 1 aliphatic rings. The zero-order valence-electron chi connectivity index (χ0n) is 24.6. The Hall–Kier alpha value is -5.80. The second-order valence-electron chi connectivity index (χ2n) is 10.2. The van der Waals surface area contributed by atoms with Crippen molar-refractivity contribution in [3.05, 3.63) is 144 Å². The molecule has 1 aliphatic heterocycles. The number of benzene rings is 5. The minimum Gasteiger partial charge on any atom is -0.454 e. The van der Waals surface area contributed by atoms with E-state index in [1.165, 1.54) is 11.8 Å². The Morgan fingerprint density at radius 3 is 2.07 bits per heavy atom. The van der Waals surface area contributed by atoms with Crippen molar-refractivity contribution in [3.8, 4) is 22.6 Å². The molecule has 0 aliphatic carbocycles. The second-order valence-corrected chi connectivity index (χ2v) is 11.3. The largest absolute Gasteiger partial charge is 0.454 e. The molecule has 46 heavy (non-hydrogen) atoms. The van der Waals surface area contributed by atoms with Crippen molar-refractivity contribution in [1.82, 2.24) is 5.32 Å². The molecule has 0 saturated carbocycles. The summed E-state index contributed by atoms with van der Waals surface area (Å²) >= 11 is 1.37. The molecule has 0 fully saturated rings. The molecule has 5 aromatic carbocycles. The molecule has 3 N–H and O–H groups in total. The fraction of sp³-hybridized carbons (Fsp3) is 0.0541. The van der Waals surface area contributed by atoms with Crippen LogP contribution >= 0.6 is 11.8 Å². The molecule has 1 heterocycles. The number of hydrogen-bond acceptors (Lipinski definition) is 6. The van der Waals surface area contributed by atoms with E-state index < -0.39 is 11.8 Å². The highest BCUT2D eigenvalue weighted by Gasteiger charge is 2.16. The number of ether oxygens (including phenoxy) is 2. The highest BCUT2D eigenvalue weighted by atomic mass is 32.2. The first kappa shape index (κ1) is 30.2. The van der Waals surface area contributed by atoms with E-state index in [2.05, 4.69) is 16.0 Å². The van der Waals surface area contributed by atoms with Gasteiger partial charge in [0, 0.05) is 27.9 Å². The van der Waals surface area contributed by atoms with Crippen molar-refractivity contribution in [2.45, 2.75) is 4.90 Å². The molecule has 0 aromatic heterocycles. The van der Waals surface area contributed by atoms with Crippen LogP contribution in [-0.4, -0.2) is 30.3 Å². The lowest BCUT2D eigenvalue weighted by atomic mass is 10.0. The van der Waals surface area contributed by atoms with Crippen molar-refractivity contribution < 1.29 is 23.9 Å². The Morgan fingerprint density at radius 1 is 0.674 bits per heavy atom. The summed E-state index contributed by atoms with van der Waals surface area (Å²) in [7, 11) is 0. The summed E-state index contributed by atoms with van der Waals surface area (Å²) in [6, 6.07) is 38.9. The normalized spacial score (nSPS) is 11.9. The molecule has 9 heteroatoms. The molecular weight excluding hydrogens is 598 g/mol. The molecule has 228 valence electrons. The summed E-state index contributed by atoms with van der Waals surface area (Å²) in [5, 5.41) is 8.50. The minimum absolute atomic E-state index is 0.0972. The minimum atomic E-state index is -0.472. The van der Waals surface area contributed by atoms with Gasteiger partial charge in [-0.3, -0.25) is 14.4 Å². The predicted octanol–water partition coefficient (Wildman–Crippen LogP) is 7.22. The third-order valence-corrected chi connectivity index (χ3v) is 8.01. The molecule has 0 radical (unpaired) electrons. The van der Waals surface area contributed by atoms with Crippen LogP contribution in [0, 0.1) is 0 Å². The third kappa shape index (κ3) is 7.82. The average molecular weight is 628 g/mol. The van der Waals surface area contributed by atoms with Crippen LogP contribution in [0.4, 0.5) is 11.4 Å². The first-order chi connectivity index (χ1) is 22.5. The maximum atomic E-state index is 13.4.